The van der Waals surface area contributed by atoms with Crippen molar-refractivity contribution in [3.05, 3.63) is 36.2 Å². The Labute approximate surface area is 184 Å². The van der Waals surface area contributed by atoms with Gasteiger partial charge in [0, 0.05) is 37.8 Å². The van der Waals surface area contributed by atoms with E-state index in [1.54, 1.807) is 0 Å². The molecule has 2 aromatic rings. The summed E-state index contributed by atoms with van der Waals surface area (Å²) in [5.41, 5.74) is 2.11. The first-order chi connectivity index (χ1) is 15.2. The van der Waals surface area contributed by atoms with Crippen molar-refractivity contribution in [2.24, 2.45) is 4.99 Å². The summed E-state index contributed by atoms with van der Waals surface area (Å²) < 4.78 is 0. The molecule has 168 valence electrons. The van der Waals surface area contributed by atoms with Crippen LogP contribution < -0.4 is 16.0 Å². The lowest BCUT2D eigenvalue weighted by Crippen LogP contribution is -2.50. The molecule has 0 unspecified atom stereocenters. The molecular formula is C22H34N8O. The molecule has 2 heterocycles. The molecule has 9 heteroatoms. The van der Waals surface area contributed by atoms with E-state index in [2.05, 4.69) is 62.0 Å². The van der Waals surface area contributed by atoms with Gasteiger partial charge in [0.1, 0.15) is 6.33 Å². The second-order valence-electron chi connectivity index (χ2n) is 7.77. The van der Waals surface area contributed by atoms with Crippen LogP contribution in [0.15, 0.2) is 35.6 Å². The fourth-order valence-corrected chi connectivity index (χ4v) is 3.60. The lowest BCUT2D eigenvalue weighted by molar-refractivity contribution is -0.122. The summed E-state index contributed by atoms with van der Waals surface area (Å²) in [5.74, 6) is 1.70. The molecule has 0 radical (unpaired) electrons. The molecule has 1 aliphatic rings. The normalized spacial score (nSPS) is 15.6. The van der Waals surface area contributed by atoms with E-state index >= 15 is 0 Å². The summed E-state index contributed by atoms with van der Waals surface area (Å²) in [7, 11) is 0. The number of rotatable bonds is 9. The maximum atomic E-state index is 11.9. The third-order valence-electron chi connectivity index (χ3n) is 5.25. The minimum atomic E-state index is 0.121. The number of piperidine rings is 1. The molecule has 1 amide bonds. The van der Waals surface area contributed by atoms with Gasteiger partial charge in [-0.3, -0.25) is 14.8 Å². The lowest BCUT2D eigenvalue weighted by atomic mass is 10.1. The lowest BCUT2D eigenvalue weighted by Gasteiger charge is -2.32. The summed E-state index contributed by atoms with van der Waals surface area (Å²) in [5, 5.41) is 16.7. The van der Waals surface area contributed by atoms with E-state index < -0.39 is 0 Å². The molecule has 3 rings (SSSR count). The van der Waals surface area contributed by atoms with Crippen LogP contribution in [0.2, 0.25) is 0 Å². The number of H-pyrrole nitrogens is 1. The van der Waals surface area contributed by atoms with E-state index in [0.29, 0.717) is 19.1 Å². The number of hydrogen-bond acceptors (Lipinski definition) is 5. The molecule has 1 fully saturated rings. The van der Waals surface area contributed by atoms with Gasteiger partial charge in [0.2, 0.25) is 5.91 Å². The quantitative estimate of drug-likeness (QED) is 0.357. The highest BCUT2D eigenvalue weighted by Crippen LogP contribution is 2.16. The standard InChI is InChI=1S/C22H34N8O/c1-3-10-24-20(31)15-30-11-8-19(9-12-30)28-22(23-4-2)25-14-17-6-5-7-18(13-17)21-26-16-27-29-21/h5-7,13,16,19H,3-4,8-12,14-15H2,1-2H3,(H,24,31)(H2,23,25,28)(H,26,27,29). The number of benzene rings is 1. The number of nitrogens with zero attached hydrogens (tertiary/aromatic N) is 4. The van der Waals surface area contributed by atoms with Gasteiger partial charge in [0.05, 0.1) is 13.1 Å². The van der Waals surface area contributed by atoms with Crippen molar-refractivity contribution in [3.8, 4) is 11.4 Å². The van der Waals surface area contributed by atoms with E-state index in [0.717, 1.165) is 68.4 Å². The Balaban J connectivity index is 1.50. The van der Waals surface area contributed by atoms with Gasteiger partial charge in [0.25, 0.3) is 0 Å². The Bertz CT molecular complexity index is 828. The third kappa shape index (κ3) is 7.36. The van der Waals surface area contributed by atoms with Crippen molar-refractivity contribution in [1.82, 2.24) is 36.0 Å². The van der Waals surface area contributed by atoms with Gasteiger partial charge in [-0.2, -0.15) is 5.10 Å². The largest absolute Gasteiger partial charge is 0.357 e. The number of carbonyl (C=O) groups is 1. The molecule has 0 atom stereocenters. The van der Waals surface area contributed by atoms with E-state index in [1.807, 2.05) is 12.1 Å². The van der Waals surface area contributed by atoms with Crippen LogP contribution in [0.25, 0.3) is 11.4 Å². The molecule has 1 saturated heterocycles. The fourth-order valence-electron chi connectivity index (χ4n) is 3.60. The number of carbonyl (C=O) groups excluding carboxylic acids is 1. The minimum Gasteiger partial charge on any atom is -0.357 e. The van der Waals surface area contributed by atoms with Crippen LogP contribution in [0.1, 0.15) is 38.7 Å². The highest BCUT2D eigenvalue weighted by Gasteiger charge is 2.21. The average molecular weight is 427 g/mol. The molecule has 4 N–H and O–H groups in total. The Morgan fingerprint density at radius 3 is 2.81 bits per heavy atom. The van der Waals surface area contributed by atoms with Gasteiger partial charge < -0.3 is 16.0 Å². The van der Waals surface area contributed by atoms with E-state index in [4.69, 9.17) is 4.99 Å². The molecule has 0 bridgehead atoms. The van der Waals surface area contributed by atoms with Crippen LogP contribution in [0.4, 0.5) is 0 Å². The first-order valence-electron chi connectivity index (χ1n) is 11.2. The Morgan fingerprint density at radius 1 is 1.26 bits per heavy atom. The highest BCUT2D eigenvalue weighted by molar-refractivity contribution is 5.80. The van der Waals surface area contributed by atoms with Gasteiger partial charge >= 0.3 is 0 Å². The summed E-state index contributed by atoms with van der Waals surface area (Å²) in [6, 6.07) is 8.52. The van der Waals surface area contributed by atoms with Crippen molar-refractivity contribution in [2.75, 3.05) is 32.7 Å². The number of amides is 1. The minimum absolute atomic E-state index is 0.121. The predicted molar refractivity (Wildman–Crippen MR) is 123 cm³/mol. The molecule has 1 aromatic carbocycles. The predicted octanol–water partition coefficient (Wildman–Crippen LogP) is 1.52. The maximum absolute atomic E-state index is 11.9. The van der Waals surface area contributed by atoms with Gasteiger partial charge in [-0.05, 0) is 37.8 Å². The summed E-state index contributed by atoms with van der Waals surface area (Å²) in [4.78, 5) is 23.1. The highest BCUT2D eigenvalue weighted by atomic mass is 16.2. The number of aromatic amines is 1. The third-order valence-corrected chi connectivity index (χ3v) is 5.25. The van der Waals surface area contributed by atoms with Crippen LogP contribution >= 0.6 is 0 Å². The van der Waals surface area contributed by atoms with Gasteiger partial charge in [-0.1, -0.05) is 25.1 Å². The van der Waals surface area contributed by atoms with E-state index in [1.165, 1.54) is 6.33 Å². The second-order valence-corrected chi connectivity index (χ2v) is 7.77. The van der Waals surface area contributed by atoms with Gasteiger partial charge in [-0.15, -0.1) is 0 Å². The van der Waals surface area contributed by atoms with Crippen molar-refractivity contribution in [2.45, 2.75) is 45.7 Å². The molecular weight excluding hydrogens is 392 g/mol. The zero-order valence-corrected chi connectivity index (χ0v) is 18.5. The Morgan fingerprint density at radius 2 is 2.10 bits per heavy atom. The second kappa shape index (κ2) is 12.0. The number of likely N-dealkylation sites (tertiary alicyclic amines) is 1. The number of guanidine groups is 1. The molecule has 0 aliphatic carbocycles. The maximum Gasteiger partial charge on any atom is 0.234 e. The van der Waals surface area contributed by atoms with Crippen molar-refractivity contribution in [3.63, 3.8) is 0 Å². The number of aliphatic imine (C=N–C) groups is 1. The SMILES string of the molecule is CCCNC(=O)CN1CCC(NC(=NCc2cccc(-c3ncn[nH]3)c2)NCC)CC1. The monoisotopic (exact) mass is 426 g/mol. The first kappa shape index (κ1) is 22.7. The smallest absolute Gasteiger partial charge is 0.234 e. The topological polar surface area (TPSA) is 110 Å². The fraction of sp³-hybridized carbons (Fsp3) is 0.545. The number of hydrogen-bond donors (Lipinski definition) is 4. The van der Waals surface area contributed by atoms with Crippen molar-refractivity contribution in [1.29, 1.82) is 0 Å². The molecule has 0 saturated carbocycles. The number of aromatic nitrogens is 3. The summed E-state index contributed by atoms with van der Waals surface area (Å²) in [6.07, 6.45) is 4.46. The van der Waals surface area contributed by atoms with Crippen LogP contribution in [-0.4, -0.2) is 70.7 Å². The molecule has 31 heavy (non-hydrogen) atoms. The number of nitrogens with one attached hydrogen (secondary N) is 4. The van der Waals surface area contributed by atoms with E-state index in [9.17, 15) is 4.79 Å². The Hall–Kier alpha value is -2.94. The average Bonchev–Trinajstić information content (AvgIpc) is 3.33. The zero-order chi connectivity index (χ0) is 21.9. The van der Waals surface area contributed by atoms with Gasteiger partial charge in [-0.25, -0.2) is 9.98 Å². The van der Waals surface area contributed by atoms with Crippen LogP contribution in [0.5, 0.6) is 0 Å². The van der Waals surface area contributed by atoms with E-state index in [-0.39, 0.29) is 5.91 Å². The van der Waals surface area contributed by atoms with Gasteiger partial charge in [0.15, 0.2) is 11.8 Å². The van der Waals surface area contributed by atoms with Crippen LogP contribution in [0, 0.1) is 0 Å². The molecule has 1 aliphatic heterocycles. The molecule has 9 nitrogen and oxygen atoms in total. The molecule has 1 aromatic heterocycles. The summed E-state index contributed by atoms with van der Waals surface area (Å²) >= 11 is 0. The molecule has 0 spiro atoms. The van der Waals surface area contributed by atoms with Crippen LogP contribution in [0.3, 0.4) is 0 Å². The first-order valence-corrected chi connectivity index (χ1v) is 11.2. The zero-order valence-electron chi connectivity index (χ0n) is 18.5. The Kier molecular flexibility index (Phi) is 8.84. The summed E-state index contributed by atoms with van der Waals surface area (Å²) in [6.45, 7) is 8.58. The van der Waals surface area contributed by atoms with Crippen LogP contribution in [-0.2, 0) is 11.3 Å². The van der Waals surface area contributed by atoms with Crippen molar-refractivity contribution < 1.29 is 4.79 Å². The van der Waals surface area contributed by atoms with Crippen molar-refractivity contribution >= 4 is 11.9 Å².